The number of benzene rings is 2. The van der Waals surface area contributed by atoms with Gasteiger partial charge in [0.25, 0.3) is 5.91 Å². The highest BCUT2D eigenvalue weighted by molar-refractivity contribution is 6.04. The molecular weight excluding hydrogens is 442 g/mol. The summed E-state index contributed by atoms with van der Waals surface area (Å²) in [7, 11) is 1.32. The summed E-state index contributed by atoms with van der Waals surface area (Å²) in [4.78, 5) is 37.1. The van der Waals surface area contributed by atoms with Crippen LogP contribution < -0.4 is 16.0 Å². The van der Waals surface area contributed by atoms with Gasteiger partial charge in [-0.2, -0.15) is 0 Å². The quantitative estimate of drug-likeness (QED) is 0.332. The molecule has 2 aromatic rings. The van der Waals surface area contributed by atoms with Crippen LogP contribution in [0.5, 0.6) is 0 Å². The molecule has 2 aromatic carbocycles. The molecule has 0 bridgehead atoms. The summed E-state index contributed by atoms with van der Waals surface area (Å²) >= 11 is 0. The van der Waals surface area contributed by atoms with Crippen molar-refractivity contribution < 1.29 is 19.1 Å². The number of amides is 2. The van der Waals surface area contributed by atoms with Crippen LogP contribution in [0.4, 0.5) is 5.69 Å². The Morgan fingerprint density at radius 1 is 1.00 bits per heavy atom. The van der Waals surface area contributed by atoms with E-state index in [0.717, 1.165) is 50.8 Å². The van der Waals surface area contributed by atoms with Crippen molar-refractivity contribution in [3.63, 3.8) is 0 Å². The normalized spacial score (nSPS) is 14.7. The Bertz CT molecular complexity index is 967. The first-order chi connectivity index (χ1) is 17.0. The van der Waals surface area contributed by atoms with E-state index in [0.29, 0.717) is 30.0 Å². The Hall–Kier alpha value is -3.19. The monoisotopic (exact) mass is 479 g/mol. The molecule has 2 amide bonds. The lowest BCUT2D eigenvalue weighted by Crippen LogP contribution is -2.43. The van der Waals surface area contributed by atoms with Crippen LogP contribution in [0.25, 0.3) is 0 Å². The SMILES string of the molecule is CCCCCC(=O)NC(Cc1ccc(NC(=O)c2ccc(C3CCNCC3)cc2)cc1)C(=O)OC. The van der Waals surface area contributed by atoms with Gasteiger partial charge in [-0.1, -0.05) is 44.0 Å². The van der Waals surface area contributed by atoms with Crippen LogP contribution in [0.2, 0.25) is 0 Å². The van der Waals surface area contributed by atoms with Crippen LogP contribution >= 0.6 is 0 Å². The van der Waals surface area contributed by atoms with Gasteiger partial charge in [0.1, 0.15) is 6.04 Å². The third-order valence-electron chi connectivity index (χ3n) is 6.46. The Morgan fingerprint density at radius 2 is 1.69 bits per heavy atom. The van der Waals surface area contributed by atoms with E-state index in [-0.39, 0.29) is 11.8 Å². The fourth-order valence-electron chi connectivity index (χ4n) is 4.36. The van der Waals surface area contributed by atoms with Gasteiger partial charge in [-0.3, -0.25) is 9.59 Å². The second-order valence-corrected chi connectivity index (χ2v) is 9.10. The number of unbranched alkanes of at least 4 members (excludes halogenated alkanes) is 2. The molecule has 1 fully saturated rings. The second-order valence-electron chi connectivity index (χ2n) is 9.10. The zero-order chi connectivity index (χ0) is 25.0. The first-order valence-electron chi connectivity index (χ1n) is 12.6. The molecule has 0 spiro atoms. The van der Waals surface area contributed by atoms with E-state index < -0.39 is 12.0 Å². The number of rotatable bonds is 11. The predicted molar refractivity (Wildman–Crippen MR) is 137 cm³/mol. The summed E-state index contributed by atoms with van der Waals surface area (Å²) in [6, 6.07) is 14.4. The molecule has 0 aromatic heterocycles. The van der Waals surface area contributed by atoms with Gasteiger partial charge in [-0.05, 0) is 73.7 Å². The maximum absolute atomic E-state index is 12.7. The molecule has 0 saturated carbocycles. The van der Waals surface area contributed by atoms with E-state index in [1.807, 2.05) is 24.3 Å². The smallest absolute Gasteiger partial charge is 0.328 e. The van der Waals surface area contributed by atoms with E-state index in [9.17, 15) is 14.4 Å². The number of carbonyl (C=O) groups is 3. The number of esters is 1. The van der Waals surface area contributed by atoms with Crippen LogP contribution in [0.3, 0.4) is 0 Å². The molecule has 3 N–H and O–H groups in total. The van der Waals surface area contributed by atoms with Crippen LogP contribution in [0.1, 0.15) is 72.9 Å². The Morgan fingerprint density at radius 3 is 2.31 bits per heavy atom. The average molecular weight is 480 g/mol. The van der Waals surface area contributed by atoms with Crippen LogP contribution in [0, 0.1) is 0 Å². The Balaban J connectivity index is 1.55. The highest BCUT2D eigenvalue weighted by Crippen LogP contribution is 2.25. The molecule has 1 saturated heterocycles. The van der Waals surface area contributed by atoms with Crippen LogP contribution in [0.15, 0.2) is 48.5 Å². The van der Waals surface area contributed by atoms with Crippen LogP contribution in [-0.2, 0) is 20.7 Å². The highest BCUT2D eigenvalue weighted by Gasteiger charge is 2.22. The topological polar surface area (TPSA) is 96.5 Å². The van der Waals surface area contributed by atoms with Gasteiger partial charge in [0.2, 0.25) is 5.91 Å². The molecule has 1 unspecified atom stereocenters. The average Bonchev–Trinajstić information content (AvgIpc) is 2.89. The van der Waals surface area contributed by atoms with Crippen molar-refractivity contribution in [3.8, 4) is 0 Å². The van der Waals surface area contributed by atoms with E-state index in [4.69, 9.17) is 4.74 Å². The number of anilines is 1. The minimum absolute atomic E-state index is 0.149. The van der Waals surface area contributed by atoms with Crippen molar-refractivity contribution in [2.24, 2.45) is 0 Å². The molecule has 1 atom stereocenters. The van der Waals surface area contributed by atoms with Crippen molar-refractivity contribution in [1.29, 1.82) is 0 Å². The summed E-state index contributed by atoms with van der Waals surface area (Å²) in [6.45, 7) is 4.15. The van der Waals surface area contributed by atoms with Gasteiger partial charge in [0.15, 0.2) is 0 Å². The van der Waals surface area contributed by atoms with Crippen molar-refractivity contribution in [3.05, 3.63) is 65.2 Å². The predicted octanol–water partition coefficient (Wildman–Crippen LogP) is 4.19. The van der Waals surface area contributed by atoms with Gasteiger partial charge in [0, 0.05) is 24.1 Å². The largest absolute Gasteiger partial charge is 0.467 e. The lowest BCUT2D eigenvalue weighted by Gasteiger charge is -2.23. The molecule has 7 heteroatoms. The third-order valence-corrected chi connectivity index (χ3v) is 6.46. The highest BCUT2D eigenvalue weighted by atomic mass is 16.5. The van der Waals surface area contributed by atoms with Gasteiger partial charge in [0.05, 0.1) is 7.11 Å². The molecule has 1 aliphatic rings. The summed E-state index contributed by atoms with van der Waals surface area (Å²) in [5, 5.41) is 9.08. The summed E-state index contributed by atoms with van der Waals surface area (Å²) < 4.78 is 4.87. The summed E-state index contributed by atoms with van der Waals surface area (Å²) in [5.41, 5.74) is 3.42. The standard InChI is InChI=1S/C28H37N3O4/c1-3-4-5-6-26(32)31-25(28(34)35-2)19-20-7-13-24(14-8-20)30-27(33)23-11-9-21(10-12-23)22-15-17-29-18-16-22/h7-14,22,25,29H,3-6,15-19H2,1-2H3,(H,30,33)(H,31,32). The number of hydrogen-bond acceptors (Lipinski definition) is 5. The minimum atomic E-state index is -0.743. The molecule has 188 valence electrons. The van der Waals surface area contributed by atoms with Gasteiger partial charge >= 0.3 is 5.97 Å². The van der Waals surface area contributed by atoms with Gasteiger partial charge in [-0.15, -0.1) is 0 Å². The first kappa shape index (κ1) is 26.4. The Labute approximate surface area is 208 Å². The molecule has 3 rings (SSSR count). The number of carbonyl (C=O) groups excluding carboxylic acids is 3. The van der Waals surface area contributed by atoms with E-state index in [1.165, 1.54) is 12.7 Å². The number of hydrogen-bond donors (Lipinski definition) is 3. The first-order valence-corrected chi connectivity index (χ1v) is 12.6. The third kappa shape index (κ3) is 8.21. The molecule has 0 aliphatic carbocycles. The zero-order valence-corrected chi connectivity index (χ0v) is 20.8. The van der Waals surface area contributed by atoms with Crippen molar-refractivity contribution >= 4 is 23.5 Å². The number of nitrogens with one attached hydrogen (secondary N) is 3. The maximum Gasteiger partial charge on any atom is 0.328 e. The summed E-state index contributed by atoms with van der Waals surface area (Å²) in [5.74, 6) is -0.236. The van der Waals surface area contributed by atoms with Crippen LogP contribution in [-0.4, -0.2) is 44.0 Å². The minimum Gasteiger partial charge on any atom is -0.467 e. The van der Waals surface area contributed by atoms with E-state index in [2.05, 4.69) is 35.0 Å². The molecule has 7 nitrogen and oxygen atoms in total. The number of ether oxygens (including phenoxy) is 1. The van der Waals surface area contributed by atoms with Crippen molar-refractivity contribution in [2.45, 2.75) is 63.8 Å². The molecule has 35 heavy (non-hydrogen) atoms. The molecule has 0 radical (unpaired) electrons. The lowest BCUT2D eigenvalue weighted by molar-refractivity contribution is -0.145. The van der Waals surface area contributed by atoms with Crippen molar-refractivity contribution in [2.75, 3.05) is 25.5 Å². The van der Waals surface area contributed by atoms with E-state index in [1.54, 1.807) is 12.1 Å². The molecular formula is C28H37N3O4. The second kappa shape index (κ2) is 13.6. The van der Waals surface area contributed by atoms with Gasteiger partial charge < -0.3 is 20.7 Å². The zero-order valence-electron chi connectivity index (χ0n) is 20.8. The molecule has 1 heterocycles. The fraction of sp³-hybridized carbons (Fsp3) is 0.464. The molecule has 1 aliphatic heterocycles. The maximum atomic E-state index is 12.7. The van der Waals surface area contributed by atoms with E-state index >= 15 is 0 Å². The van der Waals surface area contributed by atoms with Gasteiger partial charge in [-0.25, -0.2) is 4.79 Å². The van der Waals surface area contributed by atoms with Crippen molar-refractivity contribution in [1.82, 2.24) is 10.6 Å². The number of methoxy groups -OCH3 is 1. The number of piperidine rings is 1. The Kier molecular flexibility index (Phi) is 10.3. The lowest BCUT2D eigenvalue weighted by atomic mass is 9.90. The summed E-state index contributed by atoms with van der Waals surface area (Å²) in [6.07, 6.45) is 5.76. The fourth-order valence-corrected chi connectivity index (χ4v) is 4.36.